The number of carbonyl (C=O) groups excluding carboxylic acids is 1. The molecule has 0 saturated carbocycles. The minimum absolute atomic E-state index is 0.0213. The Bertz CT molecular complexity index is 928. The smallest absolute Gasteiger partial charge is 0.223 e. The molecule has 8 heteroatoms. The Morgan fingerprint density at radius 3 is 2.37 bits per heavy atom. The highest BCUT2D eigenvalue weighted by Gasteiger charge is 2.31. The Kier molecular flexibility index (Phi) is 7.44. The molecule has 1 saturated heterocycles. The molecule has 0 radical (unpaired) electrons. The second kappa shape index (κ2) is 10.0. The van der Waals surface area contributed by atoms with Gasteiger partial charge in [0.2, 0.25) is 15.9 Å². The number of benzene rings is 2. The third kappa shape index (κ3) is 6.03. The number of nitrogens with zero attached hydrogens (tertiary/aromatic N) is 2. The number of likely N-dealkylation sites (N-methyl/N-ethyl adjacent to an activating group) is 1. The summed E-state index contributed by atoms with van der Waals surface area (Å²) in [6.07, 6.45) is 1.01. The van der Waals surface area contributed by atoms with Crippen LogP contribution in [0.2, 0.25) is 0 Å². The lowest BCUT2D eigenvalue weighted by Gasteiger charge is -2.30. The fourth-order valence-corrected chi connectivity index (χ4v) is 5.14. The van der Waals surface area contributed by atoms with E-state index in [1.54, 1.807) is 0 Å². The van der Waals surface area contributed by atoms with E-state index in [1.165, 1.54) is 28.6 Å². The fraction of sp³-hybridized carbons (Fsp3) is 0.409. The van der Waals surface area contributed by atoms with Gasteiger partial charge in [0.15, 0.2) is 0 Å². The maximum atomic E-state index is 13.0. The largest absolute Gasteiger partial charge is 0.373 e. The van der Waals surface area contributed by atoms with Crippen LogP contribution in [0.25, 0.3) is 0 Å². The van der Waals surface area contributed by atoms with Gasteiger partial charge in [0.25, 0.3) is 0 Å². The molecule has 0 bridgehead atoms. The van der Waals surface area contributed by atoms with Crippen molar-refractivity contribution in [2.45, 2.75) is 18.6 Å². The highest BCUT2D eigenvalue weighted by atomic mass is 32.2. The van der Waals surface area contributed by atoms with Gasteiger partial charge < -0.3 is 10.2 Å². The molecule has 0 aliphatic carbocycles. The van der Waals surface area contributed by atoms with Gasteiger partial charge in [-0.05, 0) is 42.7 Å². The molecule has 2 aromatic rings. The van der Waals surface area contributed by atoms with Gasteiger partial charge in [-0.1, -0.05) is 30.3 Å². The molecule has 0 spiro atoms. The van der Waals surface area contributed by atoms with E-state index >= 15 is 0 Å². The van der Waals surface area contributed by atoms with Crippen LogP contribution in [-0.2, 0) is 20.6 Å². The van der Waals surface area contributed by atoms with Crippen LogP contribution in [-0.4, -0.2) is 51.9 Å². The number of anilines is 1. The molecule has 1 aliphatic heterocycles. The van der Waals surface area contributed by atoms with E-state index in [1.807, 2.05) is 37.4 Å². The lowest BCUT2D eigenvalue weighted by Crippen LogP contribution is -2.44. The van der Waals surface area contributed by atoms with Gasteiger partial charge in [0, 0.05) is 44.8 Å². The highest BCUT2D eigenvalue weighted by Crippen LogP contribution is 2.22. The highest BCUT2D eigenvalue weighted by molar-refractivity contribution is 7.88. The molecule has 1 heterocycles. The molecule has 162 valence electrons. The van der Waals surface area contributed by atoms with E-state index in [-0.39, 0.29) is 17.6 Å². The van der Waals surface area contributed by atoms with Crippen molar-refractivity contribution < 1.29 is 17.6 Å². The van der Waals surface area contributed by atoms with E-state index in [0.717, 1.165) is 5.69 Å². The second-order valence-electron chi connectivity index (χ2n) is 7.60. The molecule has 0 unspecified atom stereocenters. The summed E-state index contributed by atoms with van der Waals surface area (Å²) in [7, 11) is -1.51. The van der Waals surface area contributed by atoms with Crippen molar-refractivity contribution in [1.29, 1.82) is 0 Å². The topological polar surface area (TPSA) is 69.7 Å². The van der Waals surface area contributed by atoms with Gasteiger partial charge in [-0.15, -0.1) is 0 Å². The van der Waals surface area contributed by atoms with Crippen LogP contribution in [0, 0.1) is 11.7 Å². The Morgan fingerprint density at radius 1 is 1.10 bits per heavy atom. The van der Waals surface area contributed by atoms with Crippen molar-refractivity contribution in [3.63, 3.8) is 0 Å². The van der Waals surface area contributed by atoms with Crippen LogP contribution in [0.5, 0.6) is 0 Å². The van der Waals surface area contributed by atoms with E-state index in [2.05, 4.69) is 10.2 Å². The number of piperidine rings is 1. The molecule has 1 amide bonds. The minimum atomic E-state index is -3.48. The predicted molar refractivity (Wildman–Crippen MR) is 116 cm³/mol. The van der Waals surface area contributed by atoms with Crippen LogP contribution in [0.15, 0.2) is 54.6 Å². The van der Waals surface area contributed by atoms with Crippen LogP contribution < -0.4 is 10.2 Å². The van der Waals surface area contributed by atoms with Gasteiger partial charge in [0.05, 0.1) is 5.75 Å². The Balaban J connectivity index is 1.43. The van der Waals surface area contributed by atoms with Crippen molar-refractivity contribution in [1.82, 2.24) is 9.62 Å². The van der Waals surface area contributed by atoms with Crippen molar-refractivity contribution in [3.05, 3.63) is 66.0 Å². The van der Waals surface area contributed by atoms with Crippen molar-refractivity contribution in [2.75, 3.05) is 38.1 Å². The number of sulfonamides is 1. The summed E-state index contributed by atoms with van der Waals surface area (Å²) in [5.74, 6) is -0.745. The van der Waals surface area contributed by atoms with E-state index < -0.39 is 15.8 Å². The number of carbonyl (C=O) groups is 1. The zero-order valence-electron chi connectivity index (χ0n) is 17.1. The zero-order valence-corrected chi connectivity index (χ0v) is 17.9. The van der Waals surface area contributed by atoms with Crippen LogP contribution in [0.4, 0.5) is 10.1 Å². The molecule has 6 nitrogen and oxygen atoms in total. The first-order valence-corrected chi connectivity index (χ1v) is 11.7. The lowest BCUT2D eigenvalue weighted by molar-refractivity contribution is -0.126. The number of amides is 1. The maximum absolute atomic E-state index is 13.0. The quantitative estimate of drug-likeness (QED) is 0.695. The Hall–Kier alpha value is -2.45. The average Bonchev–Trinajstić information content (AvgIpc) is 2.76. The lowest BCUT2D eigenvalue weighted by atomic mass is 9.97. The zero-order chi connectivity index (χ0) is 21.6. The van der Waals surface area contributed by atoms with E-state index in [4.69, 9.17) is 0 Å². The Labute approximate surface area is 177 Å². The first-order valence-electron chi connectivity index (χ1n) is 10.1. The maximum Gasteiger partial charge on any atom is 0.223 e. The molecular formula is C22H28FN3O3S. The van der Waals surface area contributed by atoms with E-state index in [0.29, 0.717) is 44.6 Å². The standard InChI is InChI=1S/C22H28FN3O3S/c1-25(21-5-3-2-4-6-21)16-13-24-22(27)19-11-14-26(15-12-19)30(28,29)17-18-7-9-20(23)10-8-18/h2-10,19H,11-17H2,1H3,(H,24,27). The molecule has 30 heavy (non-hydrogen) atoms. The number of hydrogen-bond donors (Lipinski definition) is 1. The SMILES string of the molecule is CN(CCNC(=O)C1CCN(S(=O)(=O)Cc2ccc(F)cc2)CC1)c1ccccc1. The van der Waals surface area contributed by atoms with Gasteiger partial charge in [-0.2, -0.15) is 0 Å². The summed E-state index contributed by atoms with van der Waals surface area (Å²) < 4.78 is 39.7. The minimum Gasteiger partial charge on any atom is -0.373 e. The molecule has 2 aromatic carbocycles. The molecule has 0 aromatic heterocycles. The van der Waals surface area contributed by atoms with Crippen molar-refractivity contribution in [3.8, 4) is 0 Å². The van der Waals surface area contributed by atoms with E-state index in [9.17, 15) is 17.6 Å². The first kappa shape index (κ1) is 22.2. The summed E-state index contributed by atoms with van der Waals surface area (Å²) in [5, 5.41) is 2.97. The predicted octanol–water partition coefficient (Wildman–Crippen LogP) is 2.62. The van der Waals surface area contributed by atoms with Gasteiger partial charge in [0.1, 0.15) is 5.82 Å². The summed E-state index contributed by atoms with van der Waals surface area (Å²) >= 11 is 0. The van der Waals surface area contributed by atoms with Gasteiger partial charge in [-0.25, -0.2) is 17.1 Å². The van der Waals surface area contributed by atoms with Gasteiger partial charge in [-0.3, -0.25) is 4.79 Å². The number of halogens is 1. The summed E-state index contributed by atoms with van der Waals surface area (Å²) in [5.41, 5.74) is 1.64. The van der Waals surface area contributed by atoms with Crippen LogP contribution in [0.1, 0.15) is 18.4 Å². The van der Waals surface area contributed by atoms with Crippen LogP contribution in [0.3, 0.4) is 0 Å². The third-order valence-electron chi connectivity index (χ3n) is 5.42. The molecule has 1 N–H and O–H groups in total. The Morgan fingerprint density at radius 2 is 1.73 bits per heavy atom. The third-order valence-corrected chi connectivity index (χ3v) is 7.27. The fourth-order valence-electron chi connectivity index (χ4n) is 3.58. The number of para-hydroxylation sites is 1. The van der Waals surface area contributed by atoms with Crippen molar-refractivity contribution >= 4 is 21.6 Å². The summed E-state index contributed by atoms with van der Waals surface area (Å²) in [6, 6.07) is 15.4. The average molecular weight is 434 g/mol. The normalized spacial score (nSPS) is 15.7. The number of rotatable bonds is 8. The molecule has 1 aliphatic rings. The van der Waals surface area contributed by atoms with Gasteiger partial charge >= 0.3 is 0 Å². The second-order valence-corrected chi connectivity index (χ2v) is 9.57. The number of hydrogen-bond acceptors (Lipinski definition) is 4. The summed E-state index contributed by atoms with van der Waals surface area (Å²) in [4.78, 5) is 14.5. The molecule has 3 rings (SSSR count). The summed E-state index contributed by atoms with van der Waals surface area (Å²) in [6.45, 7) is 1.88. The monoisotopic (exact) mass is 433 g/mol. The molecule has 0 atom stereocenters. The van der Waals surface area contributed by atoms with Crippen LogP contribution >= 0.6 is 0 Å². The first-order chi connectivity index (χ1) is 14.3. The van der Waals surface area contributed by atoms with Crippen molar-refractivity contribution in [2.24, 2.45) is 5.92 Å². The molecular weight excluding hydrogens is 405 g/mol. The molecule has 1 fully saturated rings. The number of nitrogens with one attached hydrogen (secondary N) is 1.